The third-order valence-electron chi connectivity index (χ3n) is 5.83. The maximum absolute atomic E-state index is 11.9. The number of hydrogen-bond acceptors (Lipinski definition) is 10. The monoisotopic (exact) mass is 495 g/mol. The maximum Gasteiger partial charge on any atom is 0.294 e. The molecular formula is C24H29N7O5. The molecule has 12 heteroatoms. The number of hydrogen-bond donors (Lipinski definition) is 1. The van der Waals surface area contributed by atoms with Crippen LogP contribution in [0.25, 0.3) is 5.82 Å². The first-order valence-electron chi connectivity index (χ1n) is 11.5. The molecule has 12 nitrogen and oxygen atoms in total. The highest BCUT2D eigenvalue weighted by atomic mass is 16.6. The lowest BCUT2D eigenvalue weighted by molar-refractivity contribution is -0.384. The molecule has 0 atom stereocenters. The van der Waals surface area contributed by atoms with Gasteiger partial charge in [0.2, 0.25) is 5.95 Å². The Labute approximate surface area is 208 Å². The zero-order valence-corrected chi connectivity index (χ0v) is 20.9. The van der Waals surface area contributed by atoms with E-state index in [0.29, 0.717) is 60.5 Å². The summed E-state index contributed by atoms with van der Waals surface area (Å²) >= 11 is 0. The fourth-order valence-electron chi connectivity index (χ4n) is 4.04. The number of anilines is 3. The van der Waals surface area contributed by atoms with Crippen LogP contribution < -0.4 is 15.0 Å². The Morgan fingerprint density at radius 1 is 1.25 bits per heavy atom. The number of rotatable bonds is 7. The fourth-order valence-corrected chi connectivity index (χ4v) is 4.04. The van der Waals surface area contributed by atoms with Gasteiger partial charge >= 0.3 is 0 Å². The van der Waals surface area contributed by atoms with Crippen molar-refractivity contribution in [3.63, 3.8) is 0 Å². The van der Waals surface area contributed by atoms with Gasteiger partial charge in [0.25, 0.3) is 5.69 Å². The molecular weight excluding hydrogens is 466 g/mol. The van der Waals surface area contributed by atoms with Crippen molar-refractivity contribution in [3.05, 3.63) is 51.5 Å². The van der Waals surface area contributed by atoms with Gasteiger partial charge in [-0.1, -0.05) is 20.8 Å². The van der Waals surface area contributed by atoms with Gasteiger partial charge in [-0.3, -0.25) is 14.9 Å². The Balaban J connectivity index is 1.73. The number of aldehydes is 1. The van der Waals surface area contributed by atoms with Crippen molar-refractivity contribution in [3.8, 4) is 11.6 Å². The first-order valence-corrected chi connectivity index (χ1v) is 11.5. The minimum atomic E-state index is -0.421. The highest BCUT2D eigenvalue weighted by molar-refractivity contribution is 5.78. The zero-order valence-electron chi connectivity index (χ0n) is 20.9. The van der Waals surface area contributed by atoms with E-state index in [9.17, 15) is 14.9 Å². The van der Waals surface area contributed by atoms with Crippen LogP contribution in [0.2, 0.25) is 0 Å². The van der Waals surface area contributed by atoms with Crippen molar-refractivity contribution in [2.45, 2.75) is 33.1 Å². The minimum Gasteiger partial charge on any atom is -0.494 e. The van der Waals surface area contributed by atoms with Gasteiger partial charge in [-0.15, -0.1) is 0 Å². The summed E-state index contributed by atoms with van der Waals surface area (Å²) in [6.45, 7) is 9.85. The van der Waals surface area contributed by atoms with Crippen molar-refractivity contribution < 1.29 is 19.2 Å². The molecule has 36 heavy (non-hydrogen) atoms. The molecule has 4 rings (SSSR count). The highest BCUT2D eigenvalue weighted by Crippen LogP contribution is 2.39. The van der Waals surface area contributed by atoms with E-state index in [-0.39, 0.29) is 17.1 Å². The largest absolute Gasteiger partial charge is 0.494 e. The minimum absolute atomic E-state index is 0.0648. The van der Waals surface area contributed by atoms with E-state index in [2.05, 4.69) is 20.4 Å². The predicted octanol–water partition coefficient (Wildman–Crippen LogP) is 3.58. The summed E-state index contributed by atoms with van der Waals surface area (Å²) in [5.74, 6) is 1.08. The second kappa shape index (κ2) is 9.90. The van der Waals surface area contributed by atoms with Crippen LogP contribution in [0.15, 0.2) is 24.5 Å². The highest BCUT2D eigenvalue weighted by Gasteiger charge is 2.26. The van der Waals surface area contributed by atoms with Crippen molar-refractivity contribution in [1.29, 1.82) is 0 Å². The molecule has 0 spiro atoms. The molecule has 0 radical (unpaired) electrons. The summed E-state index contributed by atoms with van der Waals surface area (Å²) in [6, 6.07) is 3.06. The first-order chi connectivity index (χ1) is 17.1. The molecule has 0 amide bonds. The molecule has 0 aliphatic carbocycles. The lowest BCUT2D eigenvalue weighted by atomic mass is 9.90. The van der Waals surface area contributed by atoms with Gasteiger partial charge in [0.1, 0.15) is 11.4 Å². The molecule has 1 aliphatic rings. The van der Waals surface area contributed by atoms with Crippen molar-refractivity contribution in [1.82, 2.24) is 19.7 Å². The van der Waals surface area contributed by atoms with E-state index >= 15 is 0 Å². The number of carbonyl (C=O) groups excluding carboxylic acids is 1. The summed E-state index contributed by atoms with van der Waals surface area (Å²) in [6.07, 6.45) is 4.03. The van der Waals surface area contributed by atoms with Crippen LogP contribution in [0.1, 0.15) is 42.4 Å². The van der Waals surface area contributed by atoms with E-state index in [1.54, 1.807) is 23.1 Å². The van der Waals surface area contributed by atoms with Crippen LogP contribution >= 0.6 is 0 Å². The van der Waals surface area contributed by atoms with Crippen molar-refractivity contribution in [2.24, 2.45) is 0 Å². The van der Waals surface area contributed by atoms with E-state index in [1.807, 2.05) is 32.6 Å². The van der Waals surface area contributed by atoms with Crippen LogP contribution in [0.3, 0.4) is 0 Å². The molecule has 3 heterocycles. The van der Waals surface area contributed by atoms with Crippen molar-refractivity contribution >= 4 is 29.3 Å². The van der Waals surface area contributed by atoms with Crippen LogP contribution in [0.4, 0.5) is 23.0 Å². The quantitative estimate of drug-likeness (QED) is 0.294. The van der Waals surface area contributed by atoms with Crippen LogP contribution in [0.5, 0.6) is 5.75 Å². The number of aromatic nitrogens is 4. The Morgan fingerprint density at radius 3 is 2.56 bits per heavy atom. The normalized spacial score (nSPS) is 14.0. The number of nitrogens with one attached hydrogen (secondary N) is 1. The summed E-state index contributed by atoms with van der Waals surface area (Å²) < 4.78 is 12.5. The number of carbonyl (C=O) groups is 1. The summed E-state index contributed by atoms with van der Waals surface area (Å²) in [5, 5.41) is 19.6. The van der Waals surface area contributed by atoms with Gasteiger partial charge in [-0.25, -0.2) is 9.67 Å². The molecule has 1 aromatic carbocycles. The number of ether oxygens (including phenoxy) is 2. The number of nitro benzene ring substituents is 1. The fraction of sp³-hybridized carbons (Fsp3) is 0.417. The SMILES string of the molecule is COc1cc(N2CCOCC2)c([N+](=O)[O-])cc1Nc1ncc(C)c(-n2cc(C=O)c(C(C)(C)C)n2)n1. The average molecular weight is 496 g/mol. The Kier molecular flexibility index (Phi) is 6.88. The van der Waals surface area contributed by atoms with Crippen LogP contribution in [-0.2, 0) is 10.2 Å². The third kappa shape index (κ3) is 4.98. The predicted molar refractivity (Wildman–Crippen MR) is 134 cm³/mol. The van der Waals surface area contributed by atoms with Gasteiger partial charge in [-0.2, -0.15) is 10.1 Å². The number of methoxy groups -OCH3 is 1. The third-order valence-corrected chi connectivity index (χ3v) is 5.83. The number of nitrogens with zero attached hydrogens (tertiary/aromatic N) is 6. The molecule has 1 saturated heterocycles. The van der Waals surface area contributed by atoms with Gasteiger partial charge in [-0.05, 0) is 6.92 Å². The average Bonchev–Trinajstić information content (AvgIpc) is 3.30. The molecule has 190 valence electrons. The Hall–Kier alpha value is -4.06. The molecule has 3 aromatic rings. The molecule has 0 saturated carbocycles. The van der Waals surface area contributed by atoms with Crippen LogP contribution in [0, 0.1) is 17.0 Å². The van der Waals surface area contributed by atoms with Gasteiger partial charge < -0.3 is 19.7 Å². The summed E-state index contributed by atoms with van der Waals surface area (Å²) in [5.41, 5.74) is 2.28. The van der Waals surface area contributed by atoms with Gasteiger partial charge in [0.15, 0.2) is 12.1 Å². The number of aryl methyl sites for hydroxylation is 1. The lowest BCUT2D eigenvalue weighted by Crippen LogP contribution is -2.36. The summed E-state index contributed by atoms with van der Waals surface area (Å²) in [4.78, 5) is 33.9. The second-order valence-corrected chi connectivity index (χ2v) is 9.47. The molecule has 1 N–H and O–H groups in total. The standard InChI is InChI=1S/C24H29N7O5/c1-15-12-25-23(27-22(15)30-13-16(14-32)21(28-30)24(2,3)4)26-17-10-19(31(33)34)18(11-20(17)35-5)29-6-8-36-9-7-29/h10-14H,6-9H2,1-5H3,(H,25,26,27). The lowest BCUT2D eigenvalue weighted by Gasteiger charge is -2.29. The van der Waals surface area contributed by atoms with E-state index in [1.165, 1.54) is 13.2 Å². The molecule has 0 bridgehead atoms. The molecule has 1 aliphatic heterocycles. The maximum atomic E-state index is 11.9. The number of morpholine rings is 1. The zero-order chi connectivity index (χ0) is 26.0. The first kappa shape index (κ1) is 25.0. The van der Waals surface area contributed by atoms with E-state index < -0.39 is 4.92 Å². The Morgan fingerprint density at radius 2 is 1.97 bits per heavy atom. The smallest absolute Gasteiger partial charge is 0.294 e. The Bertz CT molecular complexity index is 1290. The topological polar surface area (TPSA) is 138 Å². The van der Waals surface area contributed by atoms with E-state index in [4.69, 9.17) is 9.47 Å². The molecule has 0 unspecified atom stereocenters. The van der Waals surface area contributed by atoms with Gasteiger partial charge in [0.05, 0.1) is 42.2 Å². The number of nitro groups is 1. The number of benzene rings is 1. The van der Waals surface area contributed by atoms with Gasteiger partial charge in [0, 0.05) is 48.6 Å². The summed E-state index contributed by atoms with van der Waals surface area (Å²) in [7, 11) is 1.50. The second-order valence-electron chi connectivity index (χ2n) is 9.47. The van der Waals surface area contributed by atoms with Crippen molar-refractivity contribution in [2.75, 3.05) is 43.6 Å². The van der Waals surface area contributed by atoms with E-state index in [0.717, 1.165) is 11.8 Å². The van der Waals surface area contributed by atoms with Crippen LogP contribution in [-0.4, -0.2) is 64.4 Å². The molecule has 2 aromatic heterocycles. The molecule has 1 fully saturated rings.